The second-order valence-corrected chi connectivity index (χ2v) is 7.25. The summed E-state index contributed by atoms with van der Waals surface area (Å²) in [6, 6.07) is 17.4. The van der Waals surface area contributed by atoms with Crippen LogP contribution in [-0.4, -0.2) is 5.91 Å². The topological polar surface area (TPSA) is 42.2 Å². The Kier molecular flexibility index (Phi) is 3.90. The van der Waals surface area contributed by atoms with Crippen LogP contribution < -0.4 is 5.32 Å². The van der Waals surface area contributed by atoms with Crippen LogP contribution in [0.2, 0.25) is 0 Å². The lowest BCUT2D eigenvalue weighted by molar-refractivity contribution is -0.110. The number of hydrogen-bond donors (Lipinski definition) is 1. The fraction of sp³-hybridized carbons (Fsp3) is 0. The molecule has 3 nitrogen and oxygen atoms in total. The van der Waals surface area contributed by atoms with E-state index in [1.165, 1.54) is 0 Å². The number of furan rings is 1. The number of nitrogens with one attached hydrogen (secondary N) is 1. The molecule has 0 radical (unpaired) electrons. The van der Waals surface area contributed by atoms with Crippen LogP contribution >= 0.6 is 31.9 Å². The van der Waals surface area contributed by atoms with Crippen molar-refractivity contribution in [2.45, 2.75) is 0 Å². The molecule has 0 unspecified atom stereocenters. The molecule has 1 aliphatic rings. The highest BCUT2D eigenvalue weighted by molar-refractivity contribution is 9.10. The van der Waals surface area contributed by atoms with Gasteiger partial charge in [0, 0.05) is 25.8 Å². The second-order valence-electron chi connectivity index (χ2n) is 5.41. The number of amides is 1. The number of halogens is 2. The molecule has 5 heteroatoms. The number of rotatable bonds is 2. The van der Waals surface area contributed by atoms with Gasteiger partial charge in [0.1, 0.15) is 11.5 Å². The molecule has 0 atom stereocenters. The normalized spacial score (nSPS) is 14.8. The van der Waals surface area contributed by atoms with E-state index in [0.29, 0.717) is 11.3 Å². The summed E-state index contributed by atoms with van der Waals surface area (Å²) in [7, 11) is 0. The van der Waals surface area contributed by atoms with Gasteiger partial charge < -0.3 is 9.73 Å². The van der Waals surface area contributed by atoms with Crippen LogP contribution in [0, 0.1) is 0 Å². The van der Waals surface area contributed by atoms with Crippen molar-refractivity contribution in [1.29, 1.82) is 0 Å². The van der Waals surface area contributed by atoms with Crippen molar-refractivity contribution in [2.75, 3.05) is 5.32 Å². The lowest BCUT2D eigenvalue weighted by Gasteiger charge is -1.99. The van der Waals surface area contributed by atoms with E-state index in [4.69, 9.17) is 4.42 Å². The van der Waals surface area contributed by atoms with E-state index in [9.17, 15) is 4.79 Å². The highest BCUT2D eigenvalue weighted by Gasteiger charge is 2.24. The summed E-state index contributed by atoms with van der Waals surface area (Å²) in [4.78, 5) is 12.2. The first kappa shape index (κ1) is 15.4. The molecule has 0 fully saturated rings. The maximum absolute atomic E-state index is 12.2. The van der Waals surface area contributed by atoms with Crippen molar-refractivity contribution in [2.24, 2.45) is 0 Å². The van der Waals surface area contributed by atoms with Gasteiger partial charge in [-0.05, 0) is 48.5 Å². The van der Waals surface area contributed by atoms with Crippen molar-refractivity contribution in [3.05, 3.63) is 74.9 Å². The summed E-state index contributed by atoms with van der Waals surface area (Å²) < 4.78 is 7.81. The van der Waals surface area contributed by atoms with Gasteiger partial charge in [0.15, 0.2) is 0 Å². The largest absolute Gasteiger partial charge is 0.457 e. The van der Waals surface area contributed by atoms with Crippen molar-refractivity contribution in [3.63, 3.8) is 0 Å². The third kappa shape index (κ3) is 2.85. The lowest BCUT2D eigenvalue weighted by Crippen LogP contribution is -2.03. The van der Waals surface area contributed by atoms with Gasteiger partial charge in [-0.15, -0.1) is 0 Å². The summed E-state index contributed by atoms with van der Waals surface area (Å²) in [5.41, 5.74) is 3.26. The molecule has 3 aromatic rings. The van der Waals surface area contributed by atoms with Gasteiger partial charge in [-0.1, -0.05) is 44.0 Å². The van der Waals surface area contributed by atoms with Crippen LogP contribution in [0.15, 0.2) is 68.0 Å². The van der Waals surface area contributed by atoms with E-state index < -0.39 is 0 Å². The summed E-state index contributed by atoms with van der Waals surface area (Å²) in [6.07, 6.45) is 1.77. The van der Waals surface area contributed by atoms with Gasteiger partial charge in [-0.25, -0.2) is 0 Å². The van der Waals surface area contributed by atoms with Crippen LogP contribution in [0.1, 0.15) is 11.3 Å². The van der Waals surface area contributed by atoms with Crippen LogP contribution in [0.4, 0.5) is 5.69 Å². The summed E-state index contributed by atoms with van der Waals surface area (Å²) in [5, 5.41) is 2.86. The van der Waals surface area contributed by atoms with Gasteiger partial charge >= 0.3 is 0 Å². The van der Waals surface area contributed by atoms with E-state index in [2.05, 4.69) is 37.2 Å². The molecule has 24 heavy (non-hydrogen) atoms. The van der Waals surface area contributed by atoms with Gasteiger partial charge in [0.25, 0.3) is 5.91 Å². The smallest absolute Gasteiger partial charge is 0.256 e. The minimum absolute atomic E-state index is 0.122. The average Bonchev–Trinajstić information content (AvgIpc) is 3.14. The number of benzene rings is 2. The fourth-order valence-corrected chi connectivity index (χ4v) is 3.43. The monoisotopic (exact) mass is 443 g/mol. The predicted molar refractivity (Wildman–Crippen MR) is 102 cm³/mol. The molecule has 1 N–H and O–H groups in total. The minimum Gasteiger partial charge on any atom is -0.457 e. The fourth-order valence-electron chi connectivity index (χ4n) is 2.67. The molecule has 1 aromatic heterocycles. The molecule has 4 rings (SSSR count). The lowest BCUT2D eigenvalue weighted by atomic mass is 10.1. The first-order valence-electron chi connectivity index (χ1n) is 7.29. The zero-order chi connectivity index (χ0) is 16.7. The predicted octanol–water partition coefficient (Wildman–Crippen LogP) is 5.96. The van der Waals surface area contributed by atoms with Gasteiger partial charge in [-0.3, -0.25) is 4.79 Å². The molecule has 0 spiro atoms. The van der Waals surface area contributed by atoms with E-state index >= 15 is 0 Å². The van der Waals surface area contributed by atoms with Gasteiger partial charge in [0.05, 0.1) is 5.57 Å². The number of hydrogen-bond acceptors (Lipinski definition) is 2. The SMILES string of the molecule is O=C1Nc2ccc(Br)cc2/C1=C/c1ccc(-c2cccc(Br)c2)o1. The molecular formula is C19H11Br2NO2. The highest BCUT2D eigenvalue weighted by Crippen LogP contribution is 2.35. The van der Waals surface area contributed by atoms with E-state index in [-0.39, 0.29) is 5.91 Å². The second kappa shape index (κ2) is 6.07. The summed E-state index contributed by atoms with van der Waals surface area (Å²) in [6.45, 7) is 0. The van der Waals surface area contributed by atoms with Crippen LogP contribution in [0.25, 0.3) is 23.0 Å². The quantitative estimate of drug-likeness (QED) is 0.495. The molecule has 118 valence electrons. The Hall–Kier alpha value is -2.11. The Labute approximate surface area is 155 Å². The third-order valence-electron chi connectivity index (χ3n) is 3.79. The summed E-state index contributed by atoms with van der Waals surface area (Å²) >= 11 is 6.90. The number of carbonyl (C=O) groups excluding carboxylic acids is 1. The summed E-state index contributed by atoms with van der Waals surface area (Å²) in [5.74, 6) is 1.28. The standard InChI is InChI=1S/C19H11Br2NO2/c20-12-3-1-2-11(8-12)18-7-5-14(24-18)10-16-15-9-13(21)4-6-17(15)22-19(16)23/h1-10H,(H,22,23)/b16-10-. The molecule has 1 aliphatic heterocycles. The van der Waals surface area contributed by atoms with Crippen LogP contribution in [0.3, 0.4) is 0 Å². The molecule has 0 saturated carbocycles. The Bertz CT molecular complexity index is 989. The minimum atomic E-state index is -0.122. The van der Waals surface area contributed by atoms with Crippen molar-refractivity contribution < 1.29 is 9.21 Å². The molecule has 2 heterocycles. The maximum Gasteiger partial charge on any atom is 0.256 e. The molecule has 0 saturated heterocycles. The molecule has 0 aliphatic carbocycles. The van der Waals surface area contributed by atoms with E-state index in [1.807, 2.05) is 54.6 Å². The zero-order valence-corrected chi connectivity index (χ0v) is 15.5. The average molecular weight is 445 g/mol. The Morgan fingerprint density at radius 2 is 1.79 bits per heavy atom. The molecular weight excluding hydrogens is 434 g/mol. The van der Waals surface area contributed by atoms with E-state index in [1.54, 1.807) is 6.08 Å². The molecule has 2 aromatic carbocycles. The van der Waals surface area contributed by atoms with Crippen LogP contribution in [0.5, 0.6) is 0 Å². The van der Waals surface area contributed by atoms with Crippen molar-refractivity contribution in [3.8, 4) is 11.3 Å². The van der Waals surface area contributed by atoms with Crippen molar-refractivity contribution >= 4 is 55.1 Å². The van der Waals surface area contributed by atoms with Gasteiger partial charge in [0.2, 0.25) is 0 Å². The first-order valence-corrected chi connectivity index (χ1v) is 8.87. The Morgan fingerprint density at radius 1 is 0.958 bits per heavy atom. The number of carbonyl (C=O) groups is 1. The Morgan fingerprint density at radius 3 is 2.62 bits per heavy atom. The van der Waals surface area contributed by atoms with Crippen LogP contribution in [-0.2, 0) is 4.79 Å². The third-order valence-corrected chi connectivity index (χ3v) is 4.77. The number of anilines is 1. The first-order chi connectivity index (χ1) is 11.6. The van der Waals surface area contributed by atoms with E-state index in [0.717, 1.165) is 31.5 Å². The van der Waals surface area contributed by atoms with Crippen molar-refractivity contribution in [1.82, 2.24) is 0 Å². The van der Waals surface area contributed by atoms with Gasteiger partial charge in [-0.2, -0.15) is 0 Å². The molecule has 1 amide bonds. The highest BCUT2D eigenvalue weighted by atomic mass is 79.9. The zero-order valence-electron chi connectivity index (χ0n) is 12.3. The maximum atomic E-state index is 12.2. The Balaban J connectivity index is 1.73. The number of fused-ring (bicyclic) bond motifs is 1. The molecule has 0 bridgehead atoms.